The van der Waals surface area contributed by atoms with Gasteiger partial charge in [-0.15, -0.1) is 0 Å². The molecule has 2 aromatic rings. The second-order valence-corrected chi connectivity index (χ2v) is 6.76. The molecule has 1 fully saturated rings. The Hall–Kier alpha value is -2.60. The number of halogens is 1. The van der Waals surface area contributed by atoms with Gasteiger partial charge in [0, 0.05) is 36.3 Å². The number of nitrogens with one attached hydrogen (secondary N) is 1. The van der Waals surface area contributed by atoms with Crippen molar-refractivity contribution in [2.75, 3.05) is 18.0 Å². The third-order valence-corrected chi connectivity index (χ3v) is 4.71. The summed E-state index contributed by atoms with van der Waals surface area (Å²) in [5, 5.41) is 14.9. The number of hydrogen-bond acceptors (Lipinski definition) is 4. The highest BCUT2D eigenvalue weighted by molar-refractivity contribution is 6.30. The highest BCUT2D eigenvalue weighted by atomic mass is 35.5. The highest BCUT2D eigenvalue weighted by Crippen LogP contribution is 2.31. The van der Waals surface area contributed by atoms with E-state index in [0.29, 0.717) is 17.3 Å². The van der Waals surface area contributed by atoms with E-state index in [1.807, 2.05) is 17.0 Å². The maximum Gasteiger partial charge on any atom is 0.293 e. The lowest BCUT2D eigenvalue weighted by Gasteiger charge is -2.28. The standard InChI is InChI=1S/C19H20ClN3O3/c20-16-6-4-5-14(11-16)13-21-19(24)15-7-8-17(18(12-15)23(25)26)22-9-2-1-3-10-22/h4-8,11-12H,1-3,9-10,13H2,(H,21,24). The topological polar surface area (TPSA) is 75.5 Å². The first-order chi connectivity index (χ1) is 12.5. The average molecular weight is 374 g/mol. The van der Waals surface area contributed by atoms with E-state index >= 15 is 0 Å². The fraction of sp³-hybridized carbons (Fsp3) is 0.316. The molecule has 26 heavy (non-hydrogen) atoms. The van der Waals surface area contributed by atoms with Gasteiger partial charge in [0.25, 0.3) is 11.6 Å². The molecule has 0 saturated carbocycles. The first-order valence-electron chi connectivity index (χ1n) is 8.60. The van der Waals surface area contributed by atoms with Crippen molar-refractivity contribution in [2.45, 2.75) is 25.8 Å². The molecule has 0 aromatic heterocycles. The van der Waals surface area contributed by atoms with Crippen LogP contribution < -0.4 is 10.2 Å². The van der Waals surface area contributed by atoms with Crippen LogP contribution in [0.25, 0.3) is 0 Å². The van der Waals surface area contributed by atoms with Gasteiger partial charge in [-0.25, -0.2) is 0 Å². The van der Waals surface area contributed by atoms with Gasteiger partial charge in [-0.3, -0.25) is 14.9 Å². The molecule has 1 heterocycles. The molecule has 1 aliphatic heterocycles. The number of piperidine rings is 1. The minimum absolute atomic E-state index is 0.0256. The lowest BCUT2D eigenvalue weighted by molar-refractivity contribution is -0.384. The molecule has 7 heteroatoms. The van der Waals surface area contributed by atoms with Crippen molar-refractivity contribution in [3.63, 3.8) is 0 Å². The second-order valence-electron chi connectivity index (χ2n) is 6.32. The molecule has 2 aromatic carbocycles. The van der Waals surface area contributed by atoms with Crippen LogP contribution in [0.1, 0.15) is 35.2 Å². The molecule has 6 nitrogen and oxygen atoms in total. The fourth-order valence-electron chi connectivity index (χ4n) is 3.14. The molecule has 3 rings (SSSR count). The number of carbonyl (C=O) groups excluding carboxylic acids is 1. The second kappa shape index (κ2) is 8.19. The van der Waals surface area contributed by atoms with Crippen LogP contribution in [0.2, 0.25) is 5.02 Å². The molecule has 1 amide bonds. The van der Waals surface area contributed by atoms with Crippen LogP contribution in [0.5, 0.6) is 0 Å². The fourth-order valence-corrected chi connectivity index (χ4v) is 3.36. The van der Waals surface area contributed by atoms with Gasteiger partial charge in [0.15, 0.2) is 0 Å². The number of anilines is 1. The van der Waals surface area contributed by atoms with Gasteiger partial charge in [-0.05, 0) is 49.1 Å². The number of nitrogens with zero attached hydrogens (tertiary/aromatic N) is 2. The number of amides is 1. The molecular formula is C19H20ClN3O3. The molecule has 0 aliphatic carbocycles. The van der Waals surface area contributed by atoms with Crippen molar-refractivity contribution in [2.24, 2.45) is 0 Å². The third kappa shape index (κ3) is 4.32. The van der Waals surface area contributed by atoms with Crippen LogP contribution in [-0.4, -0.2) is 23.9 Å². The highest BCUT2D eigenvalue weighted by Gasteiger charge is 2.23. The summed E-state index contributed by atoms with van der Waals surface area (Å²) in [7, 11) is 0. The zero-order valence-electron chi connectivity index (χ0n) is 14.3. The van der Waals surface area contributed by atoms with E-state index in [4.69, 9.17) is 11.6 Å². The first kappa shape index (κ1) is 18.2. The predicted molar refractivity (Wildman–Crippen MR) is 102 cm³/mol. The summed E-state index contributed by atoms with van der Waals surface area (Å²) in [6.07, 6.45) is 3.20. The number of rotatable bonds is 5. The number of carbonyl (C=O) groups is 1. The predicted octanol–water partition coefficient (Wildman–Crippen LogP) is 4.17. The van der Waals surface area contributed by atoms with Gasteiger partial charge < -0.3 is 10.2 Å². The van der Waals surface area contributed by atoms with E-state index in [-0.39, 0.29) is 17.2 Å². The van der Waals surface area contributed by atoms with Crippen molar-refractivity contribution in [3.05, 3.63) is 68.7 Å². The molecule has 0 unspecified atom stereocenters. The quantitative estimate of drug-likeness (QED) is 0.630. The minimum atomic E-state index is -0.419. The minimum Gasteiger partial charge on any atom is -0.366 e. The average Bonchev–Trinajstić information content (AvgIpc) is 2.66. The van der Waals surface area contributed by atoms with Crippen LogP contribution in [0.15, 0.2) is 42.5 Å². The lowest BCUT2D eigenvalue weighted by atomic mass is 10.1. The van der Waals surface area contributed by atoms with E-state index in [1.54, 1.807) is 24.3 Å². The lowest BCUT2D eigenvalue weighted by Crippen LogP contribution is -2.30. The zero-order valence-corrected chi connectivity index (χ0v) is 15.0. The molecule has 0 bridgehead atoms. The van der Waals surface area contributed by atoms with Gasteiger partial charge in [-0.1, -0.05) is 23.7 Å². The van der Waals surface area contributed by atoms with E-state index in [9.17, 15) is 14.9 Å². The summed E-state index contributed by atoms with van der Waals surface area (Å²) in [5.41, 5.74) is 1.70. The van der Waals surface area contributed by atoms with Crippen LogP contribution >= 0.6 is 11.6 Å². The van der Waals surface area contributed by atoms with Gasteiger partial charge >= 0.3 is 0 Å². The molecular weight excluding hydrogens is 354 g/mol. The zero-order chi connectivity index (χ0) is 18.5. The van der Waals surface area contributed by atoms with Crippen molar-refractivity contribution in [1.82, 2.24) is 5.32 Å². The number of nitro groups is 1. The molecule has 1 aliphatic rings. The monoisotopic (exact) mass is 373 g/mol. The summed E-state index contributed by atoms with van der Waals surface area (Å²) in [5.74, 6) is -0.349. The van der Waals surface area contributed by atoms with E-state index in [1.165, 1.54) is 6.07 Å². The van der Waals surface area contributed by atoms with Crippen LogP contribution in [-0.2, 0) is 6.54 Å². The number of nitro benzene ring substituents is 1. The van der Waals surface area contributed by atoms with Gasteiger partial charge in [0.2, 0.25) is 0 Å². The maximum absolute atomic E-state index is 12.4. The Kier molecular flexibility index (Phi) is 5.73. The molecule has 136 valence electrons. The smallest absolute Gasteiger partial charge is 0.293 e. The normalized spacial score (nSPS) is 14.1. The molecule has 0 radical (unpaired) electrons. The molecule has 1 N–H and O–H groups in total. The van der Waals surface area contributed by atoms with Crippen LogP contribution in [0.4, 0.5) is 11.4 Å². The maximum atomic E-state index is 12.4. The van der Waals surface area contributed by atoms with Crippen molar-refractivity contribution in [1.29, 1.82) is 0 Å². The molecule has 1 saturated heterocycles. The summed E-state index contributed by atoms with van der Waals surface area (Å²) in [4.78, 5) is 25.5. The van der Waals surface area contributed by atoms with E-state index in [0.717, 1.165) is 37.9 Å². The van der Waals surface area contributed by atoms with Crippen molar-refractivity contribution in [3.8, 4) is 0 Å². The van der Waals surface area contributed by atoms with Gasteiger partial charge in [0.1, 0.15) is 5.69 Å². The van der Waals surface area contributed by atoms with Gasteiger partial charge in [-0.2, -0.15) is 0 Å². The summed E-state index contributed by atoms with van der Waals surface area (Å²) >= 11 is 5.93. The van der Waals surface area contributed by atoms with E-state index < -0.39 is 4.92 Å². The third-order valence-electron chi connectivity index (χ3n) is 4.47. The molecule has 0 atom stereocenters. The Morgan fingerprint density at radius 1 is 1.15 bits per heavy atom. The van der Waals surface area contributed by atoms with Gasteiger partial charge in [0.05, 0.1) is 4.92 Å². The number of benzene rings is 2. The SMILES string of the molecule is O=C(NCc1cccc(Cl)c1)c1ccc(N2CCCCC2)c([N+](=O)[O-])c1. The Morgan fingerprint density at radius 3 is 2.62 bits per heavy atom. The van der Waals surface area contributed by atoms with E-state index in [2.05, 4.69) is 5.32 Å². The Labute approximate surface area is 156 Å². The molecule has 0 spiro atoms. The number of hydrogen-bond donors (Lipinski definition) is 1. The summed E-state index contributed by atoms with van der Waals surface area (Å²) in [6.45, 7) is 1.92. The van der Waals surface area contributed by atoms with Crippen molar-refractivity contribution >= 4 is 28.9 Å². The van der Waals surface area contributed by atoms with Crippen LogP contribution in [0.3, 0.4) is 0 Å². The largest absolute Gasteiger partial charge is 0.366 e. The summed E-state index contributed by atoms with van der Waals surface area (Å²) in [6, 6.07) is 11.9. The Bertz CT molecular complexity index is 819. The Morgan fingerprint density at radius 2 is 1.92 bits per heavy atom. The summed E-state index contributed by atoms with van der Waals surface area (Å²) < 4.78 is 0. The van der Waals surface area contributed by atoms with Crippen LogP contribution in [0, 0.1) is 10.1 Å². The van der Waals surface area contributed by atoms with Crippen molar-refractivity contribution < 1.29 is 9.72 Å². The Balaban J connectivity index is 1.75. The first-order valence-corrected chi connectivity index (χ1v) is 8.98.